The number of morpholine rings is 1. The monoisotopic (exact) mass is 341 g/mol. The van der Waals surface area contributed by atoms with E-state index in [2.05, 4.69) is 39.6 Å². The summed E-state index contributed by atoms with van der Waals surface area (Å²) >= 11 is 0. The van der Waals surface area contributed by atoms with Crippen LogP contribution in [0.25, 0.3) is 0 Å². The van der Waals surface area contributed by atoms with Gasteiger partial charge in [-0.15, -0.1) is 0 Å². The third-order valence-corrected chi connectivity index (χ3v) is 5.47. The van der Waals surface area contributed by atoms with E-state index in [1.165, 1.54) is 17.5 Å². The van der Waals surface area contributed by atoms with Crippen LogP contribution in [0, 0.1) is 0 Å². The summed E-state index contributed by atoms with van der Waals surface area (Å²) in [6, 6.07) is 6.89. The van der Waals surface area contributed by atoms with Crippen molar-refractivity contribution in [1.29, 1.82) is 0 Å². The second kappa shape index (κ2) is 7.18. The van der Waals surface area contributed by atoms with Crippen LogP contribution >= 0.6 is 0 Å². The number of rotatable bonds is 5. The summed E-state index contributed by atoms with van der Waals surface area (Å²) in [7, 11) is 1.76. The minimum atomic E-state index is 0.207. The van der Waals surface area contributed by atoms with Gasteiger partial charge in [0, 0.05) is 31.4 Å². The molecule has 3 atom stereocenters. The van der Waals surface area contributed by atoms with Crippen molar-refractivity contribution >= 4 is 0 Å². The molecule has 25 heavy (non-hydrogen) atoms. The van der Waals surface area contributed by atoms with Crippen molar-refractivity contribution in [1.82, 2.24) is 14.5 Å². The van der Waals surface area contributed by atoms with Gasteiger partial charge in [-0.1, -0.05) is 19.1 Å². The number of benzene rings is 1. The molecule has 134 valence electrons. The number of nitrogens with zero attached hydrogens (tertiary/aromatic N) is 3. The summed E-state index contributed by atoms with van der Waals surface area (Å²) in [6.45, 7) is 5.24. The van der Waals surface area contributed by atoms with E-state index in [0.717, 1.165) is 38.2 Å². The van der Waals surface area contributed by atoms with Crippen LogP contribution in [0.4, 0.5) is 0 Å². The maximum absolute atomic E-state index is 6.55. The Morgan fingerprint density at radius 3 is 3.00 bits per heavy atom. The second-order valence-electron chi connectivity index (χ2n) is 7.12. The van der Waals surface area contributed by atoms with Crippen LogP contribution in [0.5, 0.6) is 5.75 Å². The molecular weight excluding hydrogens is 314 g/mol. The van der Waals surface area contributed by atoms with Crippen LogP contribution in [0.15, 0.2) is 36.9 Å². The standard InChI is InChI=1S/C20H27N3O2/c1-3-8-23-13-16(12-22-9-7-21-14-22)25-20-11-17-15(10-18(20)23)5-4-6-19(17)24-2/h4-7,9,14,16,18,20H,3,8,10-13H2,1-2H3/t16-,18+,20+/m0/s1. The van der Waals surface area contributed by atoms with Crippen molar-refractivity contribution in [2.45, 2.75) is 51.0 Å². The molecule has 2 aromatic rings. The van der Waals surface area contributed by atoms with E-state index in [9.17, 15) is 0 Å². The summed E-state index contributed by atoms with van der Waals surface area (Å²) in [5.74, 6) is 0.998. The number of ether oxygens (including phenoxy) is 2. The summed E-state index contributed by atoms with van der Waals surface area (Å²) in [5.41, 5.74) is 2.74. The molecular formula is C20H27N3O2. The lowest BCUT2D eigenvalue weighted by molar-refractivity contribution is -0.127. The normalized spacial score (nSPS) is 26.1. The number of hydrogen-bond acceptors (Lipinski definition) is 4. The predicted molar refractivity (Wildman–Crippen MR) is 96.9 cm³/mol. The maximum atomic E-state index is 6.55. The van der Waals surface area contributed by atoms with Crippen LogP contribution in [0.1, 0.15) is 24.5 Å². The Morgan fingerprint density at radius 1 is 1.32 bits per heavy atom. The van der Waals surface area contributed by atoms with Crippen LogP contribution in [0.2, 0.25) is 0 Å². The smallest absolute Gasteiger partial charge is 0.122 e. The molecule has 1 aliphatic heterocycles. The van der Waals surface area contributed by atoms with Crippen LogP contribution in [-0.2, 0) is 24.1 Å². The molecule has 0 spiro atoms. The van der Waals surface area contributed by atoms with Gasteiger partial charge in [0.1, 0.15) is 5.75 Å². The molecule has 1 fully saturated rings. The highest BCUT2D eigenvalue weighted by Crippen LogP contribution is 2.35. The molecule has 1 aromatic heterocycles. The Morgan fingerprint density at radius 2 is 2.24 bits per heavy atom. The van der Waals surface area contributed by atoms with Crippen molar-refractivity contribution in [3.05, 3.63) is 48.0 Å². The highest BCUT2D eigenvalue weighted by molar-refractivity contribution is 5.43. The van der Waals surface area contributed by atoms with Gasteiger partial charge in [0.2, 0.25) is 0 Å². The molecule has 0 N–H and O–H groups in total. The van der Waals surface area contributed by atoms with Crippen molar-refractivity contribution < 1.29 is 9.47 Å². The molecule has 2 heterocycles. The van der Waals surface area contributed by atoms with Gasteiger partial charge >= 0.3 is 0 Å². The predicted octanol–water partition coefficient (Wildman–Crippen LogP) is 2.54. The van der Waals surface area contributed by atoms with Gasteiger partial charge in [0.25, 0.3) is 0 Å². The Hall–Kier alpha value is -1.85. The zero-order valence-corrected chi connectivity index (χ0v) is 15.1. The van der Waals surface area contributed by atoms with Crippen LogP contribution in [-0.4, -0.2) is 52.9 Å². The molecule has 2 aliphatic rings. The first-order valence-electron chi connectivity index (χ1n) is 9.28. The Balaban J connectivity index is 1.58. The number of fused-ring (bicyclic) bond motifs is 2. The zero-order chi connectivity index (χ0) is 17.2. The highest BCUT2D eigenvalue weighted by atomic mass is 16.5. The fraction of sp³-hybridized carbons (Fsp3) is 0.550. The molecule has 1 saturated heterocycles. The van der Waals surface area contributed by atoms with Crippen molar-refractivity contribution in [2.24, 2.45) is 0 Å². The Labute approximate surface area is 149 Å². The van der Waals surface area contributed by atoms with Gasteiger partial charge < -0.3 is 14.0 Å². The van der Waals surface area contributed by atoms with Crippen LogP contribution in [0.3, 0.4) is 0 Å². The molecule has 0 unspecified atom stereocenters. The lowest BCUT2D eigenvalue weighted by atomic mass is 9.83. The highest BCUT2D eigenvalue weighted by Gasteiger charge is 2.40. The fourth-order valence-corrected chi connectivity index (χ4v) is 4.38. The Kier molecular flexibility index (Phi) is 4.77. The molecule has 4 rings (SSSR count). The van der Waals surface area contributed by atoms with E-state index in [1.807, 2.05) is 18.7 Å². The van der Waals surface area contributed by atoms with Gasteiger partial charge in [-0.05, 0) is 36.6 Å². The number of hydrogen-bond donors (Lipinski definition) is 0. The van der Waals surface area contributed by atoms with Gasteiger partial charge in [0.15, 0.2) is 0 Å². The van der Waals surface area contributed by atoms with Gasteiger partial charge in [0.05, 0.1) is 32.2 Å². The SMILES string of the molecule is CCCN1C[C@H](Cn2ccnc2)O[C@@H]2Cc3c(cccc3OC)C[C@H]21. The van der Waals surface area contributed by atoms with E-state index >= 15 is 0 Å². The third-order valence-electron chi connectivity index (χ3n) is 5.47. The number of imidazole rings is 1. The average Bonchev–Trinajstić information content (AvgIpc) is 3.13. The first-order chi connectivity index (χ1) is 12.3. The summed E-state index contributed by atoms with van der Waals surface area (Å²) in [4.78, 5) is 6.79. The van der Waals surface area contributed by atoms with Crippen molar-refractivity contribution in [3.8, 4) is 5.75 Å². The minimum Gasteiger partial charge on any atom is -0.496 e. The molecule has 5 heteroatoms. The molecule has 1 aromatic carbocycles. The molecule has 0 radical (unpaired) electrons. The summed E-state index contributed by atoms with van der Waals surface area (Å²) in [6.07, 6.45) is 9.32. The van der Waals surface area contributed by atoms with Gasteiger partial charge in [-0.25, -0.2) is 4.98 Å². The molecule has 0 saturated carbocycles. The summed E-state index contributed by atoms with van der Waals surface area (Å²) in [5, 5.41) is 0. The van der Waals surface area contributed by atoms with Gasteiger partial charge in [-0.2, -0.15) is 0 Å². The number of methoxy groups -OCH3 is 1. The minimum absolute atomic E-state index is 0.207. The van der Waals surface area contributed by atoms with Gasteiger partial charge in [-0.3, -0.25) is 4.90 Å². The summed E-state index contributed by atoms with van der Waals surface area (Å²) < 4.78 is 14.3. The fourth-order valence-electron chi connectivity index (χ4n) is 4.38. The van der Waals surface area contributed by atoms with E-state index in [-0.39, 0.29) is 12.2 Å². The topological polar surface area (TPSA) is 39.5 Å². The lowest BCUT2D eigenvalue weighted by Crippen LogP contribution is -2.58. The third kappa shape index (κ3) is 3.31. The van der Waals surface area contributed by atoms with Crippen molar-refractivity contribution in [2.75, 3.05) is 20.2 Å². The van der Waals surface area contributed by atoms with E-state index in [1.54, 1.807) is 7.11 Å². The van der Waals surface area contributed by atoms with E-state index in [0.29, 0.717) is 6.04 Å². The molecule has 5 nitrogen and oxygen atoms in total. The first kappa shape index (κ1) is 16.6. The van der Waals surface area contributed by atoms with Crippen molar-refractivity contribution in [3.63, 3.8) is 0 Å². The average molecular weight is 341 g/mol. The lowest BCUT2D eigenvalue weighted by Gasteiger charge is -2.47. The molecule has 1 aliphatic carbocycles. The largest absolute Gasteiger partial charge is 0.496 e. The maximum Gasteiger partial charge on any atom is 0.122 e. The number of aromatic nitrogens is 2. The second-order valence-corrected chi connectivity index (χ2v) is 7.12. The molecule has 0 amide bonds. The van der Waals surface area contributed by atoms with E-state index < -0.39 is 0 Å². The molecule has 0 bridgehead atoms. The van der Waals surface area contributed by atoms with Crippen LogP contribution < -0.4 is 4.74 Å². The zero-order valence-electron chi connectivity index (χ0n) is 15.1. The van der Waals surface area contributed by atoms with E-state index in [4.69, 9.17) is 9.47 Å². The quantitative estimate of drug-likeness (QED) is 0.838. The Bertz CT molecular complexity index is 701. The first-order valence-corrected chi connectivity index (χ1v) is 9.28.